The van der Waals surface area contributed by atoms with Gasteiger partial charge in [0.2, 0.25) is 0 Å². The van der Waals surface area contributed by atoms with E-state index in [2.05, 4.69) is 15.3 Å². The first-order valence-electron chi connectivity index (χ1n) is 5.75. The Balaban J connectivity index is 2.22. The molecule has 0 fully saturated rings. The van der Waals surface area contributed by atoms with E-state index in [1.165, 1.54) is 6.07 Å². The van der Waals surface area contributed by atoms with Crippen molar-refractivity contribution in [2.24, 2.45) is 7.05 Å². The summed E-state index contributed by atoms with van der Waals surface area (Å²) in [7, 11) is 1.81. The minimum absolute atomic E-state index is 0.255. The smallest absolute Gasteiger partial charge is 0.153 e. The summed E-state index contributed by atoms with van der Waals surface area (Å²) in [5, 5.41) is 11.0. The molecule has 0 spiro atoms. The van der Waals surface area contributed by atoms with E-state index in [0.717, 1.165) is 0 Å². The average molecular weight is 257 g/mol. The Morgan fingerprint density at radius 2 is 2.05 bits per heavy atom. The molecule has 0 atom stereocenters. The van der Waals surface area contributed by atoms with Crippen LogP contribution in [-0.2, 0) is 7.05 Å². The molecule has 0 saturated carbocycles. The maximum atomic E-state index is 13.9. The van der Waals surface area contributed by atoms with Crippen LogP contribution in [0.25, 0.3) is 22.5 Å². The summed E-state index contributed by atoms with van der Waals surface area (Å²) >= 11 is 0. The van der Waals surface area contributed by atoms with Gasteiger partial charge in [0.15, 0.2) is 5.82 Å². The van der Waals surface area contributed by atoms with Gasteiger partial charge < -0.3 is 5.73 Å². The number of hydrogen-bond acceptors (Lipinski definition) is 3. The van der Waals surface area contributed by atoms with Crippen LogP contribution in [0.4, 0.5) is 10.2 Å². The fourth-order valence-corrected chi connectivity index (χ4v) is 2.03. The van der Waals surface area contributed by atoms with Crippen LogP contribution >= 0.6 is 0 Å². The summed E-state index contributed by atoms with van der Waals surface area (Å²) in [6, 6.07) is 8.27. The first kappa shape index (κ1) is 11.5. The van der Waals surface area contributed by atoms with Crippen LogP contribution in [0.5, 0.6) is 0 Å². The molecule has 0 radical (unpaired) electrons. The molecule has 96 valence electrons. The van der Waals surface area contributed by atoms with Crippen LogP contribution in [-0.4, -0.2) is 20.0 Å². The summed E-state index contributed by atoms with van der Waals surface area (Å²) in [5.74, 6) is -0.0847. The number of hydrogen-bond donors (Lipinski definition) is 2. The highest BCUT2D eigenvalue weighted by Gasteiger charge is 2.18. The lowest BCUT2D eigenvalue weighted by atomic mass is 10.0. The molecule has 0 bridgehead atoms. The second-order valence-electron chi connectivity index (χ2n) is 4.21. The number of nitrogen functional groups attached to an aromatic ring is 1. The van der Waals surface area contributed by atoms with E-state index in [-0.39, 0.29) is 11.6 Å². The van der Waals surface area contributed by atoms with E-state index < -0.39 is 0 Å². The lowest BCUT2D eigenvalue weighted by molar-refractivity contribution is 0.631. The number of aromatic nitrogens is 4. The quantitative estimate of drug-likeness (QED) is 0.739. The molecule has 6 heteroatoms. The Morgan fingerprint density at radius 3 is 2.74 bits per heavy atom. The number of H-pyrrole nitrogens is 1. The fraction of sp³-hybridized carbons (Fsp3) is 0.0769. The zero-order valence-electron chi connectivity index (χ0n) is 10.3. The van der Waals surface area contributed by atoms with Gasteiger partial charge in [0.25, 0.3) is 0 Å². The summed E-state index contributed by atoms with van der Waals surface area (Å²) < 4.78 is 15.6. The predicted molar refractivity (Wildman–Crippen MR) is 70.6 cm³/mol. The van der Waals surface area contributed by atoms with Crippen LogP contribution in [0.2, 0.25) is 0 Å². The maximum absolute atomic E-state index is 13.9. The van der Waals surface area contributed by atoms with Gasteiger partial charge in [-0.15, -0.1) is 0 Å². The van der Waals surface area contributed by atoms with Gasteiger partial charge in [-0.05, 0) is 12.1 Å². The van der Waals surface area contributed by atoms with E-state index in [1.54, 1.807) is 29.1 Å². The molecular formula is C13H12FN5. The lowest BCUT2D eigenvalue weighted by Crippen LogP contribution is -1.92. The van der Waals surface area contributed by atoms with Crippen LogP contribution in [0, 0.1) is 5.82 Å². The number of anilines is 1. The Labute approximate surface area is 108 Å². The van der Waals surface area contributed by atoms with Gasteiger partial charge in [-0.1, -0.05) is 18.2 Å². The summed E-state index contributed by atoms with van der Waals surface area (Å²) in [6.45, 7) is 0. The second-order valence-corrected chi connectivity index (χ2v) is 4.21. The Bertz CT molecular complexity index is 728. The fourth-order valence-electron chi connectivity index (χ4n) is 2.03. The molecule has 0 aliphatic carbocycles. The minimum Gasteiger partial charge on any atom is -0.382 e. The SMILES string of the molecule is Cn1ccc(-c2[nH]nc(N)c2-c2ccccc2F)n1. The molecule has 0 amide bonds. The monoisotopic (exact) mass is 257 g/mol. The number of halogens is 1. The van der Waals surface area contributed by atoms with Gasteiger partial charge in [-0.2, -0.15) is 10.2 Å². The molecule has 3 rings (SSSR count). The number of nitrogens with zero attached hydrogens (tertiary/aromatic N) is 3. The Morgan fingerprint density at radius 1 is 1.26 bits per heavy atom. The molecule has 0 unspecified atom stereocenters. The van der Waals surface area contributed by atoms with Crippen molar-refractivity contribution in [2.45, 2.75) is 0 Å². The molecular weight excluding hydrogens is 245 g/mol. The van der Waals surface area contributed by atoms with Gasteiger partial charge in [0, 0.05) is 18.8 Å². The van der Waals surface area contributed by atoms with Crippen LogP contribution in [0.15, 0.2) is 36.5 Å². The third-order valence-corrected chi connectivity index (χ3v) is 2.91. The first-order chi connectivity index (χ1) is 9.16. The van der Waals surface area contributed by atoms with Gasteiger partial charge in [-0.25, -0.2) is 4.39 Å². The summed E-state index contributed by atoms with van der Waals surface area (Å²) in [6.07, 6.45) is 1.80. The van der Waals surface area contributed by atoms with Crippen molar-refractivity contribution >= 4 is 5.82 Å². The molecule has 0 saturated heterocycles. The third kappa shape index (κ3) is 1.87. The first-order valence-corrected chi connectivity index (χ1v) is 5.75. The number of nitrogens with two attached hydrogens (primary N) is 1. The Kier molecular flexibility index (Phi) is 2.56. The minimum atomic E-state index is -0.340. The lowest BCUT2D eigenvalue weighted by Gasteiger charge is -2.03. The number of nitrogens with one attached hydrogen (secondary N) is 1. The number of aromatic amines is 1. The average Bonchev–Trinajstić information content (AvgIpc) is 2.96. The van der Waals surface area contributed by atoms with Gasteiger partial charge >= 0.3 is 0 Å². The number of benzene rings is 1. The van der Waals surface area contributed by atoms with E-state index in [4.69, 9.17) is 5.73 Å². The van der Waals surface area contributed by atoms with E-state index in [1.807, 2.05) is 13.1 Å². The predicted octanol–water partition coefficient (Wildman–Crippen LogP) is 2.20. The van der Waals surface area contributed by atoms with Crippen molar-refractivity contribution in [1.82, 2.24) is 20.0 Å². The van der Waals surface area contributed by atoms with Crippen LogP contribution in [0.3, 0.4) is 0 Å². The van der Waals surface area contributed by atoms with E-state index in [0.29, 0.717) is 22.5 Å². The topological polar surface area (TPSA) is 72.5 Å². The molecule has 5 nitrogen and oxygen atoms in total. The zero-order chi connectivity index (χ0) is 13.4. The summed E-state index contributed by atoms with van der Waals surface area (Å²) in [4.78, 5) is 0. The standard InChI is InChI=1S/C13H12FN5/c1-19-7-6-10(18-19)12-11(13(15)17-16-12)8-4-2-3-5-9(8)14/h2-7H,1H3,(H3,15,16,17). The van der Waals surface area contributed by atoms with E-state index in [9.17, 15) is 4.39 Å². The van der Waals surface area contributed by atoms with Gasteiger partial charge in [0.1, 0.15) is 11.5 Å². The molecule has 0 aliphatic heterocycles. The van der Waals surface area contributed by atoms with Crippen molar-refractivity contribution in [3.8, 4) is 22.5 Å². The van der Waals surface area contributed by atoms with Crippen molar-refractivity contribution in [3.63, 3.8) is 0 Å². The largest absolute Gasteiger partial charge is 0.382 e. The van der Waals surface area contributed by atoms with Gasteiger partial charge in [-0.3, -0.25) is 9.78 Å². The maximum Gasteiger partial charge on any atom is 0.153 e. The number of aryl methyl sites for hydroxylation is 1. The van der Waals surface area contributed by atoms with Gasteiger partial charge in [0.05, 0.1) is 11.3 Å². The zero-order valence-corrected chi connectivity index (χ0v) is 10.3. The Hall–Kier alpha value is -2.63. The van der Waals surface area contributed by atoms with E-state index >= 15 is 0 Å². The van der Waals surface area contributed by atoms with Crippen molar-refractivity contribution in [2.75, 3.05) is 5.73 Å². The second kappa shape index (κ2) is 4.24. The van der Waals surface area contributed by atoms with Crippen molar-refractivity contribution in [1.29, 1.82) is 0 Å². The molecule has 0 aliphatic rings. The van der Waals surface area contributed by atoms with Crippen molar-refractivity contribution < 1.29 is 4.39 Å². The molecule has 3 N–H and O–H groups in total. The molecule has 3 aromatic rings. The molecule has 2 aromatic heterocycles. The normalized spacial score (nSPS) is 10.8. The molecule has 19 heavy (non-hydrogen) atoms. The summed E-state index contributed by atoms with van der Waals surface area (Å²) in [5.41, 5.74) is 8.08. The number of rotatable bonds is 2. The van der Waals surface area contributed by atoms with Crippen LogP contribution < -0.4 is 5.73 Å². The third-order valence-electron chi connectivity index (χ3n) is 2.91. The highest BCUT2D eigenvalue weighted by Crippen LogP contribution is 2.35. The molecule has 2 heterocycles. The highest BCUT2D eigenvalue weighted by molar-refractivity contribution is 5.86. The molecule has 1 aromatic carbocycles. The highest BCUT2D eigenvalue weighted by atomic mass is 19.1. The van der Waals surface area contributed by atoms with Crippen LogP contribution in [0.1, 0.15) is 0 Å². The van der Waals surface area contributed by atoms with Crippen molar-refractivity contribution in [3.05, 3.63) is 42.3 Å².